The molecule has 0 aliphatic heterocycles. The fourth-order valence-electron chi connectivity index (χ4n) is 11.9. The van der Waals surface area contributed by atoms with Gasteiger partial charge in [0.25, 0.3) is 0 Å². The molecule has 5 rings (SSSR count). The van der Waals surface area contributed by atoms with Crippen LogP contribution < -0.4 is 0 Å². The van der Waals surface area contributed by atoms with Gasteiger partial charge in [0, 0.05) is 5.41 Å². The van der Waals surface area contributed by atoms with Crippen molar-refractivity contribution in [2.75, 3.05) is 0 Å². The first kappa shape index (κ1) is 27.6. The minimum atomic E-state index is -4.94. The third-order valence-corrected chi connectivity index (χ3v) is 13.9. The number of hydrogen-bond acceptors (Lipinski definition) is 2. The molecule has 0 saturated heterocycles. The Hall–Kier alpha value is -1.00. The van der Waals surface area contributed by atoms with Crippen molar-refractivity contribution in [1.82, 2.24) is 0 Å². The summed E-state index contributed by atoms with van der Waals surface area (Å²) in [6.07, 6.45) is 5.55. The van der Waals surface area contributed by atoms with E-state index in [0.717, 1.165) is 25.2 Å². The normalized spacial score (nSPS) is 50.8. The molecule has 5 heteroatoms. The Morgan fingerprint density at radius 2 is 1.49 bits per heavy atom. The van der Waals surface area contributed by atoms with E-state index in [-0.39, 0.29) is 22.2 Å². The SMILES string of the molecule is C=C(C)C1CCC2(C)CCC3(C)C(CCC4C5(C)CCC(OC(=O)C(F)(F)F)C(C)(C)C5CCC43C)C12. The Labute approximate surface area is 222 Å². The minimum absolute atomic E-state index is 0.0514. The zero-order valence-electron chi connectivity index (χ0n) is 24.2. The molecule has 0 aromatic rings. The molecule has 0 N–H and O–H groups in total. The highest BCUT2D eigenvalue weighted by Crippen LogP contribution is 2.77. The molecule has 37 heavy (non-hydrogen) atoms. The topological polar surface area (TPSA) is 26.3 Å². The van der Waals surface area contributed by atoms with Crippen molar-refractivity contribution in [2.45, 2.75) is 125 Å². The van der Waals surface area contributed by atoms with Crippen molar-refractivity contribution in [2.24, 2.45) is 56.7 Å². The number of rotatable bonds is 2. The summed E-state index contributed by atoms with van der Waals surface area (Å²) in [6, 6.07) is 0. The summed E-state index contributed by atoms with van der Waals surface area (Å²) >= 11 is 0. The number of ether oxygens (including phenoxy) is 1. The van der Waals surface area contributed by atoms with Gasteiger partial charge in [-0.1, -0.05) is 53.7 Å². The second-order valence-corrected chi connectivity index (χ2v) is 15.6. The van der Waals surface area contributed by atoms with Crippen LogP contribution in [0.15, 0.2) is 12.2 Å². The molecule has 2 nitrogen and oxygen atoms in total. The van der Waals surface area contributed by atoms with Crippen molar-refractivity contribution in [1.29, 1.82) is 0 Å². The van der Waals surface area contributed by atoms with E-state index in [1.165, 1.54) is 44.1 Å². The lowest BCUT2D eigenvalue weighted by molar-refractivity contribution is -0.255. The highest BCUT2D eigenvalue weighted by atomic mass is 19.4. The first-order valence-corrected chi connectivity index (χ1v) is 14.8. The Balaban J connectivity index is 1.46. The second-order valence-electron chi connectivity index (χ2n) is 15.6. The Morgan fingerprint density at radius 1 is 0.811 bits per heavy atom. The lowest BCUT2D eigenvalue weighted by Crippen LogP contribution is -2.66. The van der Waals surface area contributed by atoms with Crippen LogP contribution in [0.25, 0.3) is 0 Å². The summed E-state index contributed by atoms with van der Waals surface area (Å²) in [5.41, 5.74) is 1.87. The summed E-state index contributed by atoms with van der Waals surface area (Å²) in [7, 11) is 0. The van der Waals surface area contributed by atoms with E-state index in [1.54, 1.807) is 0 Å². The number of allylic oxidation sites excluding steroid dienone is 1. The number of alkyl halides is 3. The van der Waals surface area contributed by atoms with E-state index in [9.17, 15) is 18.0 Å². The third kappa shape index (κ3) is 3.66. The number of carbonyl (C=O) groups is 1. The smallest absolute Gasteiger partial charge is 0.455 e. The lowest BCUT2D eigenvalue weighted by atomic mass is 9.32. The van der Waals surface area contributed by atoms with Crippen LogP contribution in [0, 0.1) is 56.7 Å². The summed E-state index contributed by atoms with van der Waals surface area (Å²) in [6.45, 7) is 21.0. The van der Waals surface area contributed by atoms with Crippen molar-refractivity contribution < 1.29 is 22.7 Å². The number of carbonyl (C=O) groups excluding carboxylic acids is 1. The zero-order chi connectivity index (χ0) is 27.4. The predicted octanol–water partition coefficient (Wildman–Crippen LogP) is 9.14. The van der Waals surface area contributed by atoms with Crippen molar-refractivity contribution in [3.8, 4) is 0 Å². The summed E-state index contributed by atoms with van der Waals surface area (Å²) < 4.78 is 44.3. The first-order chi connectivity index (χ1) is 16.9. The maximum absolute atomic E-state index is 13.1. The van der Waals surface area contributed by atoms with Crippen LogP contribution in [0.1, 0.15) is 113 Å². The lowest BCUT2D eigenvalue weighted by Gasteiger charge is -2.73. The highest BCUT2D eigenvalue weighted by Gasteiger charge is 2.70. The number of halogens is 3. The Morgan fingerprint density at radius 3 is 2.11 bits per heavy atom. The van der Waals surface area contributed by atoms with Crippen LogP contribution >= 0.6 is 0 Å². The van der Waals surface area contributed by atoms with Crippen LogP contribution in [0.5, 0.6) is 0 Å². The highest BCUT2D eigenvalue weighted by molar-refractivity contribution is 5.75. The van der Waals surface area contributed by atoms with Crippen LogP contribution in [-0.2, 0) is 9.53 Å². The van der Waals surface area contributed by atoms with Crippen molar-refractivity contribution in [3.63, 3.8) is 0 Å². The standard InChI is InChI=1S/C32H49F3O2/c1-19(2)20-11-14-28(5)17-18-30(7)21(25(20)28)9-10-23-29(6)15-13-24(37-26(36)32(33,34)35)27(3,4)22(29)12-16-31(23,30)8/h20-25H,1,9-18H2,2-8H3. The maximum Gasteiger partial charge on any atom is 0.490 e. The molecule has 0 aromatic carbocycles. The molecular weight excluding hydrogens is 473 g/mol. The molecule has 5 aliphatic rings. The average Bonchev–Trinajstić information content (AvgIpc) is 3.13. The molecule has 0 bridgehead atoms. The van der Waals surface area contributed by atoms with E-state index < -0.39 is 23.7 Å². The molecule has 0 heterocycles. The Kier molecular flexibility index (Phi) is 6.15. The fraction of sp³-hybridized carbons (Fsp3) is 0.906. The molecule has 10 unspecified atom stereocenters. The van der Waals surface area contributed by atoms with Gasteiger partial charge in [0.05, 0.1) is 0 Å². The van der Waals surface area contributed by atoms with Gasteiger partial charge < -0.3 is 4.74 Å². The molecule has 0 amide bonds. The van der Waals surface area contributed by atoms with E-state index in [0.29, 0.717) is 29.6 Å². The maximum atomic E-state index is 13.1. The summed E-state index contributed by atoms with van der Waals surface area (Å²) in [5.74, 6) is 0.847. The van der Waals surface area contributed by atoms with Gasteiger partial charge >= 0.3 is 12.1 Å². The second kappa shape index (κ2) is 8.26. The van der Waals surface area contributed by atoms with E-state index in [1.807, 2.05) is 0 Å². The summed E-state index contributed by atoms with van der Waals surface area (Å²) in [5, 5.41) is 0. The van der Waals surface area contributed by atoms with Gasteiger partial charge in [0.15, 0.2) is 0 Å². The molecule has 10 atom stereocenters. The number of esters is 1. The molecule has 5 fully saturated rings. The molecule has 5 saturated carbocycles. The number of fused-ring (bicyclic) bond motifs is 7. The molecular formula is C32H49F3O2. The molecule has 0 radical (unpaired) electrons. The number of hydrogen-bond donors (Lipinski definition) is 0. The van der Waals surface area contributed by atoms with Crippen LogP contribution in [-0.4, -0.2) is 18.2 Å². The molecule has 0 aromatic heterocycles. The largest absolute Gasteiger partial charge is 0.490 e. The van der Waals surface area contributed by atoms with Gasteiger partial charge in [0.1, 0.15) is 6.10 Å². The quantitative estimate of drug-likeness (QED) is 0.267. The van der Waals surface area contributed by atoms with E-state index >= 15 is 0 Å². The monoisotopic (exact) mass is 522 g/mol. The van der Waals surface area contributed by atoms with Crippen LogP contribution in [0.3, 0.4) is 0 Å². The van der Waals surface area contributed by atoms with Crippen LogP contribution in [0.2, 0.25) is 0 Å². The van der Waals surface area contributed by atoms with E-state index in [4.69, 9.17) is 4.74 Å². The van der Waals surface area contributed by atoms with Gasteiger partial charge in [0.2, 0.25) is 0 Å². The van der Waals surface area contributed by atoms with Gasteiger partial charge in [-0.25, -0.2) is 4.79 Å². The average molecular weight is 523 g/mol. The zero-order valence-corrected chi connectivity index (χ0v) is 24.2. The third-order valence-electron chi connectivity index (χ3n) is 13.9. The van der Waals surface area contributed by atoms with Crippen molar-refractivity contribution in [3.05, 3.63) is 12.2 Å². The fourth-order valence-corrected chi connectivity index (χ4v) is 11.9. The van der Waals surface area contributed by atoms with Gasteiger partial charge in [-0.05, 0) is 122 Å². The van der Waals surface area contributed by atoms with Gasteiger partial charge in [-0.3, -0.25) is 0 Å². The van der Waals surface area contributed by atoms with Gasteiger partial charge in [-0.2, -0.15) is 13.2 Å². The van der Waals surface area contributed by atoms with E-state index in [2.05, 4.69) is 55.0 Å². The minimum Gasteiger partial charge on any atom is -0.455 e. The molecule has 210 valence electrons. The van der Waals surface area contributed by atoms with Crippen LogP contribution in [0.4, 0.5) is 13.2 Å². The first-order valence-electron chi connectivity index (χ1n) is 14.8. The van der Waals surface area contributed by atoms with Gasteiger partial charge in [-0.15, -0.1) is 0 Å². The summed E-state index contributed by atoms with van der Waals surface area (Å²) in [4.78, 5) is 11.8. The van der Waals surface area contributed by atoms with Crippen molar-refractivity contribution >= 4 is 5.97 Å². The molecule has 5 aliphatic carbocycles. The Bertz CT molecular complexity index is 970. The molecule has 0 spiro atoms. The predicted molar refractivity (Wildman–Crippen MR) is 141 cm³/mol.